The van der Waals surface area contributed by atoms with Gasteiger partial charge in [-0.2, -0.15) is 0 Å². The monoisotopic (exact) mass is 227 g/mol. The Morgan fingerprint density at radius 1 is 1.18 bits per heavy atom. The SMILES string of the molecule is Cc1ccc(C(=O)N[C@H]2CC3C=CC2C3)cc1. The van der Waals surface area contributed by atoms with E-state index in [4.69, 9.17) is 0 Å². The molecule has 2 nitrogen and oxygen atoms in total. The summed E-state index contributed by atoms with van der Waals surface area (Å²) in [5.74, 6) is 1.33. The van der Waals surface area contributed by atoms with E-state index in [-0.39, 0.29) is 5.91 Å². The zero-order chi connectivity index (χ0) is 11.8. The van der Waals surface area contributed by atoms with Gasteiger partial charge in [-0.05, 0) is 43.7 Å². The molecule has 1 aromatic carbocycles. The zero-order valence-electron chi connectivity index (χ0n) is 10.0. The van der Waals surface area contributed by atoms with Crippen LogP contribution in [-0.4, -0.2) is 11.9 Å². The second-order valence-electron chi connectivity index (χ2n) is 5.23. The lowest BCUT2D eigenvalue weighted by Crippen LogP contribution is -2.37. The smallest absolute Gasteiger partial charge is 0.251 e. The van der Waals surface area contributed by atoms with Crippen LogP contribution in [0.1, 0.15) is 28.8 Å². The molecule has 1 fully saturated rings. The van der Waals surface area contributed by atoms with E-state index >= 15 is 0 Å². The van der Waals surface area contributed by atoms with E-state index in [2.05, 4.69) is 17.5 Å². The molecule has 0 aliphatic heterocycles. The molecule has 2 heteroatoms. The Kier molecular flexibility index (Phi) is 2.50. The minimum Gasteiger partial charge on any atom is -0.349 e. The molecule has 17 heavy (non-hydrogen) atoms. The molecule has 0 saturated heterocycles. The summed E-state index contributed by atoms with van der Waals surface area (Å²) >= 11 is 0. The highest BCUT2D eigenvalue weighted by Crippen LogP contribution is 2.38. The highest BCUT2D eigenvalue weighted by atomic mass is 16.1. The van der Waals surface area contributed by atoms with Crippen molar-refractivity contribution in [2.75, 3.05) is 0 Å². The topological polar surface area (TPSA) is 29.1 Å². The molecule has 2 bridgehead atoms. The van der Waals surface area contributed by atoms with E-state index in [9.17, 15) is 4.79 Å². The van der Waals surface area contributed by atoms with Crippen LogP contribution in [-0.2, 0) is 0 Å². The molecular weight excluding hydrogens is 210 g/mol. The first-order chi connectivity index (χ1) is 8.22. The fourth-order valence-corrected chi connectivity index (χ4v) is 2.90. The summed E-state index contributed by atoms with van der Waals surface area (Å²) < 4.78 is 0. The second kappa shape index (κ2) is 4.02. The molecule has 1 aromatic rings. The number of fused-ring (bicyclic) bond motifs is 2. The van der Waals surface area contributed by atoms with Gasteiger partial charge in [0.1, 0.15) is 0 Å². The first-order valence-corrected chi connectivity index (χ1v) is 6.28. The predicted molar refractivity (Wildman–Crippen MR) is 67.8 cm³/mol. The van der Waals surface area contributed by atoms with E-state index in [1.54, 1.807) is 0 Å². The van der Waals surface area contributed by atoms with Crippen molar-refractivity contribution in [3.63, 3.8) is 0 Å². The molecule has 0 aromatic heterocycles. The number of hydrogen-bond acceptors (Lipinski definition) is 1. The van der Waals surface area contributed by atoms with Gasteiger partial charge in [0.25, 0.3) is 5.91 Å². The minimum absolute atomic E-state index is 0.0657. The van der Waals surface area contributed by atoms with Crippen LogP contribution in [0.25, 0.3) is 0 Å². The molecule has 2 aliphatic carbocycles. The Hall–Kier alpha value is -1.57. The maximum absolute atomic E-state index is 12.1. The molecule has 1 amide bonds. The van der Waals surface area contributed by atoms with Crippen LogP contribution in [0.4, 0.5) is 0 Å². The van der Waals surface area contributed by atoms with Crippen molar-refractivity contribution >= 4 is 5.91 Å². The number of nitrogens with one attached hydrogen (secondary N) is 1. The fourth-order valence-electron chi connectivity index (χ4n) is 2.90. The number of rotatable bonds is 2. The van der Waals surface area contributed by atoms with Gasteiger partial charge in [-0.3, -0.25) is 4.79 Å². The highest BCUT2D eigenvalue weighted by Gasteiger charge is 2.36. The third-order valence-electron chi connectivity index (χ3n) is 3.91. The number of allylic oxidation sites excluding steroid dienone is 1. The summed E-state index contributed by atoms with van der Waals surface area (Å²) in [6, 6.07) is 8.10. The molecule has 0 heterocycles. The molecule has 3 rings (SSSR count). The van der Waals surface area contributed by atoms with Crippen LogP contribution in [0.15, 0.2) is 36.4 Å². The van der Waals surface area contributed by atoms with Gasteiger partial charge >= 0.3 is 0 Å². The standard InChI is InChI=1S/C15H17NO/c1-10-2-5-12(6-3-10)15(17)16-14-9-11-4-7-13(14)8-11/h2-7,11,13-14H,8-9H2,1H3,(H,16,17)/t11?,13?,14-/m0/s1. The molecule has 1 saturated carbocycles. The summed E-state index contributed by atoms with van der Waals surface area (Å²) in [5.41, 5.74) is 1.95. The Balaban J connectivity index is 1.68. The summed E-state index contributed by atoms with van der Waals surface area (Å²) in [5, 5.41) is 3.16. The number of carbonyl (C=O) groups is 1. The zero-order valence-corrected chi connectivity index (χ0v) is 10.0. The first kappa shape index (κ1) is 10.6. The van der Waals surface area contributed by atoms with Gasteiger partial charge in [-0.15, -0.1) is 0 Å². The van der Waals surface area contributed by atoms with Crippen LogP contribution in [0, 0.1) is 18.8 Å². The Bertz CT molecular complexity index is 460. The van der Waals surface area contributed by atoms with Gasteiger partial charge in [0.2, 0.25) is 0 Å². The van der Waals surface area contributed by atoms with Crippen molar-refractivity contribution in [3.8, 4) is 0 Å². The average Bonchev–Trinajstić information content (AvgIpc) is 2.91. The van der Waals surface area contributed by atoms with Crippen LogP contribution in [0.3, 0.4) is 0 Å². The van der Waals surface area contributed by atoms with Crippen LogP contribution in [0.5, 0.6) is 0 Å². The van der Waals surface area contributed by atoms with Crippen molar-refractivity contribution in [2.45, 2.75) is 25.8 Å². The molecular formula is C15H17NO. The van der Waals surface area contributed by atoms with Gasteiger partial charge in [0, 0.05) is 11.6 Å². The van der Waals surface area contributed by atoms with Crippen LogP contribution in [0.2, 0.25) is 0 Å². The molecule has 2 unspecified atom stereocenters. The number of aryl methyl sites for hydroxylation is 1. The maximum atomic E-state index is 12.1. The van der Waals surface area contributed by atoms with E-state index in [1.165, 1.54) is 12.0 Å². The normalized spacial score (nSPS) is 29.6. The van der Waals surface area contributed by atoms with Gasteiger partial charge < -0.3 is 5.32 Å². The van der Waals surface area contributed by atoms with Gasteiger partial charge in [0.15, 0.2) is 0 Å². The Morgan fingerprint density at radius 2 is 1.94 bits per heavy atom. The fraction of sp³-hybridized carbons (Fsp3) is 0.400. The summed E-state index contributed by atoms with van der Waals surface area (Å²) in [4.78, 5) is 12.1. The molecule has 0 spiro atoms. The average molecular weight is 227 g/mol. The number of amides is 1. The maximum Gasteiger partial charge on any atom is 0.251 e. The van der Waals surface area contributed by atoms with Crippen molar-refractivity contribution in [1.82, 2.24) is 5.32 Å². The van der Waals surface area contributed by atoms with Crippen LogP contribution < -0.4 is 5.32 Å². The first-order valence-electron chi connectivity index (χ1n) is 6.28. The second-order valence-corrected chi connectivity index (χ2v) is 5.23. The molecule has 88 valence electrons. The third kappa shape index (κ3) is 1.99. The molecule has 3 atom stereocenters. The molecule has 0 radical (unpaired) electrons. The lowest BCUT2D eigenvalue weighted by atomic mass is 10.0. The van der Waals surface area contributed by atoms with E-state index in [0.29, 0.717) is 17.9 Å². The quantitative estimate of drug-likeness (QED) is 0.773. The minimum atomic E-state index is 0.0657. The summed E-state index contributed by atoms with van der Waals surface area (Å²) in [6.45, 7) is 2.03. The van der Waals surface area contributed by atoms with Crippen molar-refractivity contribution in [3.05, 3.63) is 47.5 Å². The number of benzene rings is 1. The summed E-state index contributed by atoms with van der Waals surface area (Å²) in [6.07, 6.45) is 6.88. The number of carbonyl (C=O) groups excluding carboxylic acids is 1. The number of hydrogen-bond donors (Lipinski definition) is 1. The highest BCUT2D eigenvalue weighted by molar-refractivity contribution is 5.94. The summed E-state index contributed by atoms with van der Waals surface area (Å²) in [7, 11) is 0. The van der Waals surface area contributed by atoms with Crippen molar-refractivity contribution in [1.29, 1.82) is 0 Å². The van der Waals surface area contributed by atoms with E-state index in [0.717, 1.165) is 12.0 Å². The van der Waals surface area contributed by atoms with Crippen LogP contribution >= 0.6 is 0 Å². The Morgan fingerprint density at radius 3 is 2.53 bits per heavy atom. The van der Waals surface area contributed by atoms with Crippen molar-refractivity contribution in [2.24, 2.45) is 11.8 Å². The van der Waals surface area contributed by atoms with Gasteiger partial charge in [0.05, 0.1) is 0 Å². The van der Waals surface area contributed by atoms with E-state index in [1.807, 2.05) is 31.2 Å². The van der Waals surface area contributed by atoms with Gasteiger partial charge in [-0.1, -0.05) is 29.8 Å². The lowest BCUT2D eigenvalue weighted by molar-refractivity contribution is 0.0931. The third-order valence-corrected chi connectivity index (χ3v) is 3.91. The molecule has 1 N–H and O–H groups in total. The van der Waals surface area contributed by atoms with Gasteiger partial charge in [-0.25, -0.2) is 0 Å². The van der Waals surface area contributed by atoms with Crippen molar-refractivity contribution < 1.29 is 4.79 Å². The Labute approximate surface area is 102 Å². The lowest BCUT2D eigenvalue weighted by Gasteiger charge is -2.19. The molecule has 2 aliphatic rings. The predicted octanol–water partition coefficient (Wildman–Crippen LogP) is 2.69. The van der Waals surface area contributed by atoms with E-state index < -0.39 is 0 Å². The largest absolute Gasteiger partial charge is 0.349 e.